The zero-order chi connectivity index (χ0) is 76.0. The first-order valence-electron chi connectivity index (χ1n) is 39.0. The fourth-order valence-electron chi connectivity index (χ4n) is 9.54. The molecule has 0 spiro atoms. The maximum Gasteiger partial charge on any atom is 0.472 e. The van der Waals surface area contributed by atoms with Gasteiger partial charge in [0.15, 0.2) is 12.2 Å². The quantitative estimate of drug-likeness (QED) is 0.0169. The van der Waals surface area contributed by atoms with Crippen LogP contribution in [-0.2, 0) is 65.4 Å². The molecule has 0 aromatic carbocycles. The Labute approximate surface area is 628 Å². The van der Waals surface area contributed by atoms with Gasteiger partial charge in [0.2, 0.25) is 0 Å². The first-order chi connectivity index (χ1) is 50.7. The zero-order valence-corrected chi connectivity index (χ0v) is 65.9. The highest BCUT2D eigenvalue weighted by atomic mass is 31.2. The van der Waals surface area contributed by atoms with Crippen LogP contribution in [0.3, 0.4) is 0 Å². The van der Waals surface area contributed by atoms with E-state index in [1.54, 1.807) is 6.08 Å². The Bertz CT molecular complexity index is 2690. The molecule has 19 heteroatoms. The van der Waals surface area contributed by atoms with Gasteiger partial charge in [0.25, 0.3) is 0 Å². The van der Waals surface area contributed by atoms with Gasteiger partial charge in [0.1, 0.15) is 19.3 Å². The molecule has 17 nitrogen and oxygen atoms in total. The average molecular weight is 1490 g/mol. The second-order valence-electron chi connectivity index (χ2n) is 25.2. The van der Waals surface area contributed by atoms with Crippen LogP contribution in [0, 0.1) is 0 Å². The Morgan fingerprint density at radius 3 is 0.875 bits per heavy atom. The lowest BCUT2D eigenvalue weighted by molar-refractivity contribution is -0.161. The molecule has 5 atom stereocenters. The summed E-state index contributed by atoms with van der Waals surface area (Å²) in [4.78, 5) is 72.9. The number of hydrogen-bond donors (Lipinski definition) is 3. The number of aliphatic hydroxyl groups is 1. The SMILES string of the molecule is CC/C=C\C/C=C\C/C=C\C/C=C\C/C=C\CC(=O)OCC(COP(=O)(O)OCC(O)COP(=O)(O)OCC(COC(=O)CCCCCCCC/C=C\C/C=C\C/C=C\CCCCC)OC(=O)CCCCCCC/C=C\C/C=C\C/C=C\CC)OC(=O)CCCC/C=C\C/C=C\C/C=C\C/C=C\CC. The minimum atomic E-state index is -5.02. The number of unbranched alkanes of at least 4 members (excludes halogenated alkanes) is 16. The van der Waals surface area contributed by atoms with Gasteiger partial charge in [-0.3, -0.25) is 37.3 Å². The molecule has 0 aromatic heterocycles. The number of aliphatic hydroxyl groups excluding tert-OH is 1. The number of esters is 4. The van der Waals surface area contributed by atoms with Crippen molar-refractivity contribution in [2.45, 2.75) is 290 Å². The molecule has 5 unspecified atom stereocenters. The fourth-order valence-corrected chi connectivity index (χ4v) is 11.1. The van der Waals surface area contributed by atoms with Crippen molar-refractivity contribution in [3.05, 3.63) is 182 Å². The van der Waals surface area contributed by atoms with Crippen molar-refractivity contribution >= 4 is 39.5 Å². The molecular weight excluding hydrogens is 1350 g/mol. The highest BCUT2D eigenvalue weighted by molar-refractivity contribution is 7.47. The van der Waals surface area contributed by atoms with Gasteiger partial charge in [-0.15, -0.1) is 0 Å². The van der Waals surface area contributed by atoms with Crippen LogP contribution in [0.15, 0.2) is 182 Å². The highest BCUT2D eigenvalue weighted by Gasteiger charge is 2.30. The molecule has 0 heterocycles. The Hall–Kier alpha value is -5.84. The van der Waals surface area contributed by atoms with E-state index in [2.05, 4.69) is 180 Å². The van der Waals surface area contributed by atoms with Gasteiger partial charge in [-0.1, -0.05) is 268 Å². The molecule has 0 rings (SSSR count). The predicted octanol–water partition coefficient (Wildman–Crippen LogP) is 22.8. The van der Waals surface area contributed by atoms with E-state index in [1.165, 1.54) is 19.3 Å². The van der Waals surface area contributed by atoms with Crippen molar-refractivity contribution < 1.29 is 80.2 Å². The summed E-state index contributed by atoms with van der Waals surface area (Å²) in [5.74, 6) is -2.42. The Morgan fingerprint density at radius 1 is 0.288 bits per heavy atom. The molecule has 0 amide bonds. The summed E-state index contributed by atoms with van der Waals surface area (Å²) in [7, 11) is -10.0. The summed E-state index contributed by atoms with van der Waals surface area (Å²) >= 11 is 0. The van der Waals surface area contributed by atoms with E-state index in [1.807, 2.05) is 24.3 Å². The van der Waals surface area contributed by atoms with E-state index in [9.17, 15) is 43.2 Å². The number of phosphoric acid groups is 2. The Kier molecular flexibility index (Phi) is 71.2. The lowest BCUT2D eigenvalue weighted by Crippen LogP contribution is -2.30. The number of ether oxygens (including phenoxy) is 4. The summed E-state index contributed by atoms with van der Waals surface area (Å²) < 4.78 is 68.4. The van der Waals surface area contributed by atoms with Crippen LogP contribution in [-0.4, -0.2) is 96.7 Å². The van der Waals surface area contributed by atoms with E-state index < -0.39 is 97.5 Å². The predicted molar refractivity (Wildman–Crippen MR) is 426 cm³/mol. The fraction of sp³-hybridized carbons (Fsp3) is 0.600. The van der Waals surface area contributed by atoms with Crippen LogP contribution in [0.4, 0.5) is 0 Å². The highest BCUT2D eigenvalue weighted by Crippen LogP contribution is 2.45. The number of carbonyl (C=O) groups is 4. The van der Waals surface area contributed by atoms with Gasteiger partial charge in [-0.05, 0) is 161 Å². The molecular formula is C85H136O17P2. The van der Waals surface area contributed by atoms with Crippen LogP contribution >= 0.6 is 15.6 Å². The minimum Gasteiger partial charge on any atom is -0.462 e. The van der Waals surface area contributed by atoms with Gasteiger partial charge < -0.3 is 33.8 Å². The largest absolute Gasteiger partial charge is 0.472 e. The summed E-state index contributed by atoms with van der Waals surface area (Å²) in [6, 6.07) is 0. The van der Waals surface area contributed by atoms with E-state index >= 15 is 0 Å². The van der Waals surface area contributed by atoms with Crippen LogP contribution < -0.4 is 0 Å². The second-order valence-corrected chi connectivity index (χ2v) is 28.1. The molecule has 0 saturated heterocycles. The molecule has 104 heavy (non-hydrogen) atoms. The number of allylic oxidation sites excluding steroid dienone is 29. The summed E-state index contributed by atoms with van der Waals surface area (Å²) in [6.45, 7) is 4.28. The Morgan fingerprint density at radius 2 is 0.538 bits per heavy atom. The maximum atomic E-state index is 13.1. The minimum absolute atomic E-state index is 0.0157. The summed E-state index contributed by atoms with van der Waals surface area (Å²) in [5, 5.41) is 10.6. The third kappa shape index (κ3) is 74.4. The third-order valence-electron chi connectivity index (χ3n) is 15.4. The standard InChI is InChI=1S/C85H136O17P2/c1-5-9-13-17-21-25-29-33-37-38-39-40-44-46-50-54-58-62-66-70-83(88)96-76-81(102-85(90)72-68-64-60-56-52-48-43-36-32-28-24-20-16-12-8-4)78-100-104(93,94)98-74-79(86)73-97-103(91,92)99-77-80(101-84(89)71-67-63-59-55-51-47-42-35-31-27-23-19-15-11-7-3)75-95-82(87)69-65-61-57-53-49-45-41-34-30-26-22-18-14-10-6-2/h10-12,14-16,21-28,33-37,39-43,49,51,53,55,61,65,79-81,86H,5-9,13,17-20,29-32,38,44-48,50,52,54,56-60,62-64,66-78H2,1-4H3,(H,91,92)(H,93,94)/b14-10-,15-11-,16-12-,25-21-,26-22-,27-23-,28-24-,37-33-,40-39-,41-34-,42-35-,43-36-,53-49-,55-51-,65-61-. The normalized spacial score (nSPS) is 14.9. The number of carbonyl (C=O) groups excluding carboxylic acids is 4. The van der Waals surface area contributed by atoms with Gasteiger partial charge in [0, 0.05) is 19.3 Å². The van der Waals surface area contributed by atoms with Crippen molar-refractivity contribution in [3.63, 3.8) is 0 Å². The van der Waals surface area contributed by atoms with Crippen molar-refractivity contribution in [2.24, 2.45) is 0 Å². The molecule has 0 saturated carbocycles. The summed E-state index contributed by atoms with van der Waals surface area (Å²) in [5.41, 5.74) is 0. The Balaban J connectivity index is 5.49. The van der Waals surface area contributed by atoms with Gasteiger partial charge in [0.05, 0.1) is 32.8 Å². The topological polar surface area (TPSA) is 237 Å². The van der Waals surface area contributed by atoms with Crippen molar-refractivity contribution in [1.82, 2.24) is 0 Å². The van der Waals surface area contributed by atoms with E-state index in [0.717, 1.165) is 167 Å². The molecule has 0 fully saturated rings. The average Bonchev–Trinajstić information content (AvgIpc) is 0.912. The monoisotopic (exact) mass is 1490 g/mol. The second kappa shape index (κ2) is 75.4. The van der Waals surface area contributed by atoms with Crippen molar-refractivity contribution in [2.75, 3.05) is 39.6 Å². The van der Waals surface area contributed by atoms with E-state index in [-0.39, 0.29) is 25.7 Å². The van der Waals surface area contributed by atoms with Gasteiger partial charge in [-0.25, -0.2) is 9.13 Å². The number of rotatable bonds is 71. The molecule has 0 aliphatic heterocycles. The van der Waals surface area contributed by atoms with Crippen molar-refractivity contribution in [1.29, 1.82) is 0 Å². The maximum absolute atomic E-state index is 13.1. The first kappa shape index (κ1) is 98.2. The first-order valence-corrected chi connectivity index (χ1v) is 42.0. The zero-order valence-electron chi connectivity index (χ0n) is 64.1. The molecule has 588 valence electrons. The summed E-state index contributed by atoms with van der Waals surface area (Å²) in [6.07, 6.45) is 90.5. The van der Waals surface area contributed by atoms with Crippen LogP contribution in [0.5, 0.6) is 0 Å². The van der Waals surface area contributed by atoms with Crippen molar-refractivity contribution in [3.8, 4) is 0 Å². The number of phosphoric ester groups is 2. The van der Waals surface area contributed by atoms with Crippen LogP contribution in [0.2, 0.25) is 0 Å². The van der Waals surface area contributed by atoms with Crippen LogP contribution in [0.1, 0.15) is 272 Å². The lowest BCUT2D eigenvalue weighted by atomic mass is 10.1. The van der Waals surface area contributed by atoms with E-state index in [4.69, 9.17) is 37.0 Å². The smallest absolute Gasteiger partial charge is 0.462 e. The molecule has 0 aliphatic rings. The molecule has 0 aliphatic carbocycles. The molecule has 0 bridgehead atoms. The molecule has 0 radical (unpaired) electrons. The third-order valence-corrected chi connectivity index (χ3v) is 17.3. The molecule has 0 aromatic rings. The number of hydrogen-bond acceptors (Lipinski definition) is 15. The van der Waals surface area contributed by atoms with E-state index in [0.29, 0.717) is 32.1 Å². The lowest BCUT2D eigenvalue weighted by Gasteiger charge is -2.21. The molecule has 3 N–H and O–H groups in total. The van der Waals surface area contributed by atoms with Gasteiger partial charge in [-0.2, -0.15) is 0 Å². The van der Waals surface area contributed by atoms with Gasteiger partial charge >= 0.3 is 39.5 Å². The van der Waals surface area contributed by atoms with Crippen LogP contribution in [0.25, 0.3) is 0 Å².